The third-order valence-electron chi connectivity index (χ3n) is 12.0. The summed E-state index contributed by atoms with van der Waals surface area (Å²) in [5.74, 6) is 0. The monoisotopic (exact) mass is 768 g/mol. The molecule has 276 valence electrons. The summed E-state index contributed by atoms with van der Waals surface area (Å²) < 4.78 is 4.99. The zero-order valence-electron chi connectivity index (χ0n) is 32.1. The van der Waals surface area contributed by atoms with E-state index in [2.05, 4.69) is 228 Å². The summed E-state index contributed by atoms with van der Waals surface area (Å²) >= 11 is 1.86. The Morgan fingerprint density at radius 2 is 0.966 bits per heavy atom. The average Bonchev–Trinajstić information content (AvgIpc) is 3.85. The van der Waals surface area contributed by atoms with Gasteiger partial charge in [0.15, 0.2) is 0 Å². The van der Waals surface area contributed by atoms with Crippen molar-refractivity contribution in [2.75, 3.05) is 4.90 Å². The van der Waals surface area contributed by atoms with Crippen molar-refractivity contribution in [3.05, 3.63) is 218 Å². The van der Waals surface area contributed by atoms with E-state index in [9.17, 15) is 0 Å². The van der Waals surface area contributed by atoms with Gasteiger partial charge in [-0.2, -0.15) is 0 Å². The first kappa shape index (κ1) is 33.7. The number of para-hydroxylation sites is 2. The van der Waals surface area contributed by atoms with Crippen LogP contribution in [0.15, 0.2) is 218 Å². The minimum Gasteiger partial charge on any atom is -0.309 e. The van der Waals surface area contributed by atoms with E-state index in [4.69, 9.17) is 0 Å². The molecular weight excluding hydrogens is 733 g/mol. The predicted molar refractivity (Wildman–Crippen MR) is 254 cm³/mol. The van der Waals surface area contributed by atoms with Gasteiger partial charge in [0, 0.05) is 53.1 Å². The quantitative estimate of drug-likeness (QED) is 0.164. The van der Waals surface area contributed by atoms with Gasteiger partial charge in [0.05, 0.1) is 22.4 Å². The van der Waals surface area contributed by atoms with Crippen LogP contribution in [-0.2, 0) is 0 Å². The zero-order valence-corrected chi connectivity index (χ0v) is 32.9. The molecule has 0 saturated carbocycles. The van der Waals surface area contributed by atoms with Crippen LogP contribution in [0.5, 0.6) is 0 Å². The third kappa shape index (κ3) is 5.47. The molecule has 0 aliphatic carbocycles. The van der Waals surface area contributed by atoms with Crippen molar-refractivity contribution < 1.29 is 0 Å². The van der Waals surface area contributed by atoms with E-state index in [0.29, 0.717) is 0 Å². The second kappa shape index (κ2) is 13.6. The van der Waals surface area contributed by atoms with Crippen LogP contribution in [0.4, 0.5) is 17.1 Å². The molecule has 0 aliphatic rings. The number of thiophene rings is 1. The lowest BCUT2D eigenvalue weighted by molar-refractivity contribution is 1.18. The first-order valence-corrected chi connectivity index (χ1v) is 21.0. The second-order valence-corrected chi connectivity index (χ2v) is 16.4. The molecule has 59 heavy (non-hydrogen) atoms. The van der Waals surface area contributed by atoms with Crippen molar-refractivity contribution in [1.29, 1.82) is 0 Å². The molecule has 2 nitrogen and oxygen atoms in total. The van der Waals surface area contributed by atoms with Gasteiger partial charge in [-0.15, -0.1) is 11.3 Å². The van der Waals surface area contributed by atoms with Gasteiger partial charge < -0.3 is 9.47 Å². The summed E-state index contributed by atoms with van der Waals surface area (Å²) in [5.41, 5.74) is 11.9. The lowest BCUT2D eigenvalue weighted by Gasteiger charge is -2.29. The Labute approximate surface area is 346 Å². The highest BCUT2D eigenvalue weighted by Crippen LogP contribution is 2.46. The summed E-state index contributed by atoms with van der Waals surface area (Å²) in [4.78, 5) is 2.47. The molecule has 3 heteroatoms. The summed E-state index contributed by atoms with van der Waals surface area (Å²) in [6.07, 6.45) is 0. The maximum Gasteiger partial charge on any atom is 0.0541 e. The molecule has 0 N–H and O–H groups in total. The lowest BCUT2D eigenvalue weighted by atomic mass is 9.94. The van der Waals surface area contributed by atoms with Gasteiger partial charge in [0.25, 0.3) is 0 Å². The predicted octanol–water partition coefficient (Wildman–Crippen LogP) is 16.3. The molecule has 0 bridgehead atoms. The van der Waals surface area contributed by atoms with E-state index < -0.39 is 0 Å². The van der Waals surface area contributed by atoms with Gasteiger partial charge in [-0.25, -0.2) is 0 Å². The average molecular weight is 769 g/mol. The van der Waals surface area contributed by atoms with Gasteiger partial charge in [-0.3, -0.25) is 0 Å². The first-order valence-electron chi connectivity index (χ1n) is 20.2. The molecule has 0 spiro atoms. The third-order valence-corrected chi connectivity index (χ3v) is 13.1. The van der Waals surface area contributed by atoms with Crippen LogP contribution in [0.1, 0.15) is 0 Å². The number of benzene rings is 10. The Kier molecular flexibility index (Phi) is 7.75. The Balaban J connectivity index is 0.981. The van der Waals surface area contributed by atoms with E-state index >= 15 is 0 Å². The molecule has 0 saturated heterocycles. The van der Waals surface area contributed by atoms with E-state index in [0.717, 1.165) is 17.1 Å². The van der Waals surface area contributed by atoms with Gasteiger partial charge in [0.2, 0.25) is 0 Å². The number of anilines is 3. The zero-order chi connectivity index (χ0) is 38.9. The van der Waals surface area contributed by atoms with Crippen molar-refractivity contribution in [2.45, 2.75) is 0 Å². The van der Waals surface area contributed by atoms with Crippen LogP contribution in [0.25, 0.3) is 91.5 Å². The van der Waals surface area contributed by atoms with E-state index in [1.54, 1.807) is 0 Å². The van der Waals surface area contributed by atoms with E-state index in [-0.39, 0.29) is 0 Å². The fourth-order valence-electron chi connectivity index (χ4n) is 9.24. The molecule has 0 radical (unpaired) electrons. The molecule has 0 aliphatic heterocycles. The molecule has 0 atom stereocenters. The Morgan fingerprint density at radius 3 is 1.83 bits per heavy atom. The van der Waals surface area contributed by atoms with Crippen LogP contribution in [-0.4, -0.2) is 4.57 Å². The Bertz CT molecular complexity index is 3550. The molecule has 2 heterocycles. The molecule has 12 rings (SSSR count). The first-order chi connectivity index (χ1) is 29.3. The molecule has 10 aromatic carbocycles. The molecule has 0 fully saturated rings. The van der Waals surface area contributed by atoms with Crippen LogP contribution < -0.4 is 4.90 Å². The van der Waals surface area contributed by atoms with E-state index in [1.807, 2.05) is 11.3 Å². The van der Waals surface area contributed by atoms with E-state index in [1.165, 1.54) is 91.5 Å². The fourth-order valence-corrected chi connectivity index (χ4v) is 10.3. The summed E-state index contributed by atoms with van der Waals surface area (Å²) in [6, 6.07) is 80.0. The summed E-state index contributed by atoms with van der Waals surface area (Å²) in [6.45, 7) is 0. The minimum atomic E-state index is 1.14. The van der Waals surface area contributed by atoms with Crippen LogP contribution in [0.2, 0.25) is 0 Å². The standard InChI is InChI=1S/C56H36N2S/c1-2-15-41(16-3-1)57-52-22-10-8-20-47(52)49-35-40(29-32-54(49)57)37-25-27-39(28-26-37)43-31-33-53(46-19-7-6-18-45(43)46)58(51-23-12-14-38-13-4-5-17-44(38)51)42-30-34-56-50(36-42)48-21-9-11-24-55(48)59-56/h1-36H. The SMILES string of the molecule is c1ccc(-n2c3ccccc3c3cc(-c4ccc(-c5ccc(N(c6ccc7sc8ccccc8c7c6)c6cccc7ccccc67)c6ccccc56)cc4)ccc32)cc1. The smallest absolute Gasteiger partial charge is 0.0541 e. The lowest BCUT2D eigenvalue weighted by Crippen LogP contribution is -2.11. The number of hydrogen-bond donors (Lipinski definition) is 0. The Morgan fingerprint density at radius 1 is 0.339 bits per heavy atom. The van der Waals surface area contributed by atoms with Gasteiger partial charge >= 0.3 is 0 Å². The minimum absolute atomic E-state index is 1.14. The molecule has 12 aromatic rings. The van der Waals surface area contributed by atoms with Gasteiger partial charge in [-0.05, 0) is 99.8 Å². The number of fused-ring (bicyclic) bond motifs is 8. The summed E-state index contributed by atoms with van der Waals surface area (Å²) in [7, 11) is 0. The van der Waals surface area contributed by atoms with Crippen LogP contribution in [0.3, 0.4) is 0 Å². The topological polar surface area (TPSA) is 8.17 Å². The maximum absolute atomic E-state index is 2.47. The highest BCUT2D eigenvalue weighted by molar-refractivity contribution is 7.25. The number of rotatable bonds is 6. The van der Waals surface area contributed by atoms with Crippen LogP contribution >= 0.6 is 11.3 Å². The largest absolute Gasteiger partial charge is 0.309 e. The maximum atomic E-state index is 2.47. The number of hydrogen-bond acceptors (Lipinski definition) is 2. The second-order valence-electron chi connectivity index (χ2n) is 15.3. The van der Waals surface area contributed by atoms with Crippen molar-refractivity contribution >= 4 is 91.9 Å². The van der Waals surface area contributed by atoms with Crippen molar-refractivity contribution in [3.8, 4) is 27.9 Å². The fraction of sp³-hybridized carbons (Fsp3) is 0. The molecule has 2 aromatic heterocycles. The van der Waals surface area contributed by atoms with Crippen molar-refractivity contribution in [1.82, 2.24) is 4.57 Å². The van der Waals surface area contributed by atoms with Gasteiger partial charge in [0.1, 0.15) is 0 Å². The van der Waals surface area contributed by atoms with Crippen LogP contribution in [0, 0.1) is 0 Å². The highest BCUT2D eigenvalue weighted by Gasteiger charge is 2.21. The van der Waals surface area contributed by atoms with Gasteiger partial charge in [-0.1, -0.05) is 152 Å². The molecular formula is C56H36N2S. The number of aromatic nitrogens is 1. The highest BCUT2D eigenvalue weighted by atomic mass is 32.1. The normalized spacial score (nSPS) is 11.7. The van der Waals surface area contributed by atoms with Crippen molar-refractivity contribution in [2.24, 2.45) is 0 Å². The molecule has 0 amide bonds. The summed E-state index contributed by atoms with van der Waals surface area (Å²) in [5, 5.41) is 9.98. The molecule has 0 unspecified atom stereocenters. The van der Waals surface area contributed by atoms with Crippen molar-refractivity contribution in [3.63, 3.8) is 0 Å². The number of nitrogens with zero attached hydrogens (tertiary/aromatic N) is 2. The Hall–Kier alpha value is -7.46.